The molecule has 224 valence electrons. The van der Waals surface area contributed by atoms with Gasteiger partial charge in [-0.2, -0.15) is 13.2 Å². The van der Waals surface area contributed by atoms with E-state index >= 15 is 0 Å². The van der Waals surface area contributed by atoms with E-state index in [-0.39, 0.29) is 18.2 Å². The molecule has 0 radical (unpaired) electrons. The van der Waals surface area contributed by atoms with Gasteiger partial charge < -0.3 is 24.8 Å². The number of alkyl halides is 3. The smallest absolute Gasteiger partial charge is 0.416 e. The van der Waals surface area contributed by atoms with Crippen LogP contribution in [0.25, 0.3) is 22.2 Å². The van der Waals surface area contributed by atoms with Crippen molar-refractivity contribution in [3.05, 3.63) is 78.1 Å². The molecule has 1 aromatic heterocycles. The topological polar surface area (TPSA) is 114 Å². The molecule has 1 atom stereocenters. The van der Waals surface area contributed by atoms with Gasteiger partial charge in [-0.15, -0.1) is 0 Å². The molecular formula is C31H29F3N4O5. The van der Waals surface area contributed by atoms with Crippen LogP contribution in [0, 0.1) is 5.92 Å². The van der Waals surface area contributed by atoms with Gasteiger partial charge in [-0.1, -0.05) is 24.3 Å². The Bertz CT molecular complexity index is 1610. The lowest BCUT2D eigenvalue weighted by molar-refractivity contribution is -0.137. The summed E-state index contributed by atoms with van der Waals surface area (Å²) in [5.74, 6) is 0.695. The second-order valence-electron chi connectivity index (χ2n) is 10.3. The summed E-state index contributed by atoms with van der Waals surface area (Å²) in [6.45, 7) is 1.29. The predicted molar refractivity (Wildman–Crippen MR) is 153 cm³/mol. The number of anilines is 1. The summed E-state index contributed by atoms with van der Waals surface area (Å²) in [5, 5.41) is 12.8. The molecule has 0 spiro atoms. The third-order valence-corrected chi connectivity index (χ3v) is 7.27. The molecular weight excluding hydrogens is 565 g/mol. The number of hydrogen-bond acceptors (Lipinski definition) is 6. The van der Waals surface area contributed by atoms with Crippen LogP contribution in [0.3, 0.4) is 0 Å². The molecule has 0 saturated carbocycles. The number of hydrogen-bond donors (Lipinski definition) is 2. The van der Waals surface area contributed by atoms with E-state index in [0.29, 0.717) is 53.7 Å². The van der Waals surface area contributed by atoms with Gasteiger partial charge in [0.15, 0.2) is 11.5 Å². The molecule has 1 aliphatic heterocycles. The Labute approximate surface area is 245 Å². The molecule has 1 fully saturated rings. The fourth-order valence-corrected chi connectivity index (χ4v) is 5.06. The molecule has 2 amide bonds. The third kappa shape index (κ3) is 7.14. The number of benzene rings is 3. The Morgan fingerprint density at radius 1 is 1.05 bits per heavy atom. The molecule has 12 heteroatoms. The summed E-state index contributed by atoms with van der Waals surface area (Å²) >= 11 is 0. The average Bonchev–Trinajstić information content (AvgIpc) is 2.99. The van der Waals surface area contributed by atoms with Gasteiger partial charge in [0.1, 0.15) is 6.33 Å². The van der Waals surface area contributed by atoms with Crippen LogP contribution in [0.4, 0.5) is 23.7 Å². The molecule has 9 nitrogen and oxygen atoms in total. The first kappa shape index (κ1) is 29.6. The molecule has 1 aliphatic rings. The summed E-state index contributed by atoms with van der Waals surface area (Å²) in [4.78, 5) is 34.1. The summed E-state index contributed by atoms with van der Waals surface area (Å²) in [7, 11) is 1.53. The van der Waals surface area contributed by atoms with Gasteiger partial charge in [0, 0.05) is 41.7 Å². The van der Waals surface area contributed by atoms with Crippen LogP contribution in [-0.2, 0) is 17.4 Å². The number of carboxylic acid groups (broad SMARTS) is 1. The number of aromatic nitrogens is 2. The van der Waals surface area contributed by atoms with Crippen LogP contribution in [0.15, 0.2) is 67.0 Å². The maximum absolute atomic E-state index is 12.8. The zero-order chi connectivity index (χ0) is 30.6. The van der Waals surface area contributed by atoms with Crippen molar-refractivity contribution in [1.82, 2.24) is 14.9 Å². The standard InChI is InChI=1S/C31H29F3N4O5/c1-42-26-14-24-25(15-27(26)43-17-20-3-2-12-38(16-20)30(40)41)35-18-36-29(24)21-6-10-23(11-7-21)37-28(39)13-19-4-8-22(9-5-19)31(32,33)34/h4-11,14-15,18,20H,2-3,12-13,16-17H2,1H3,(H,37,39)(H,40,41). The maximum atomic E-state index is 12.8. The lowest BCUT2D eigenvalue weighted by Gasteiger charge is -2.30. The largest absolute Gasteiger partial charge is 0.493 e. The highest BCUT2D eigenvalue weighted by molar-refractivity contribution is 5.95. The van der Waals surface area contributed by atoms with Crippen LogP contribution in [0.5, 0.6) is 11.5 Å². The summed E-state index contributed by atoms with van der Waals surface area (Å²) in [5.41, 5.74) is 2.26. The van der Waals surface area contributed by atoms with Gasteiger partial charge in [0.05, 0.1) is 36.9 Å². The van der Waals surface area contributed by atoms with Crippen molar-refractivity contribution >= 4 is 28.6 Å². The highest BCUT2D eigenvalue weighted by Gasteiger charge is 2.30. The van der Waals surface area contributed by atoms with Crippen molar-refractivity contribution < 1.29 is 37.3 Å². The average molecular weight is 595 g/mol. The Hall–Kier alpha value is -4.87. The summed E-state index contributed by atoms with van der Waals surface area (Å²) in [6.07, 6.45) is -2.32. The molecule has 1 unspecified atom stereocenters. The van der Waals surface area contributed by atoms with Crippen molar-refractivity contribution in [2.45, 2.75) is 25.4 Å². The number of piperidine rings is 1. The van der Waals surface area contributed by atoms with Gasteiger partial charge >= 0.3 is 12.3 Å². The minimum Gasteiger partial charge on any atom is -0.493 e. The number of ether oxygens (including phenoxy) is 2. The quantitative estimate of drug-likeness (QED) is 0.247. The van der Waals surface area contributed by atoms with Gasteiger partial charge in [-0.3, -0.25) is 4.79 Å². The number of fused-ring (bicyclic) bond motifs is 1. The van der Waals surface area contributed by atoms with E-state index in [1.54, 1.807) is 36.4 Å². The highest BCUT2D eigenvalue weighted by Crippen LogP contribution is 2.36. The van der Waals surface area contributed by atoms with Crippen molar-refractivity contribution in [2.75, 3.05) is 32.1 Å². The van der Waals surface area contributed by atoms with E-state index in [2.05, 4.69) is 15.3 Å². The summed E-state index contributed by atoms with van der Waals surface area (Å²) in [6, 6.07) is 15.1. The van der Waals surface area contributed by atoms with Crippen molar-refractivity contribution in [1.29, 1.82) is 0 Å². The van der Waals surface area contributed by atoms with E-state index in [1.807, 2.05) is 0 Å². The van der Waals surface area contributed by atoms with Crippen LogP contribution in [0.2, 0.25) is 0 Å². The van der Waals surface area contributed by atoms with Gasteiger partial charge in [-0.05, 0) is 48.7 Å². The molecule has 1 saturated heterocycles. The zero-order valence-electron chi connectivity index (χ0n) is 23.2. The Kier molecular flexibility index (Phi) is 8.65. The number of halogens is 3. The van der Waals surface area contributed by atoms with Crippen LogP contribution in [0.1, 0.15) is 24.0 Å². The molecule has 2 N–H and O–H groups in total. The molecule has 0 aliphatic carbocycles. The molecule has 4 aromatic rings. The van der Waals surface area contributed by atoms with Gasteiger partial charge in [0.2, 0.25) is 5.91 Å². The number of nitrogens with zero attached hydrogens (tertiary/aromatic N) is 3. The molecule has 0 bridgehead atoms. The van der Waals surface area contributed by atoms with Crippen LogP contribution < -0.4 is 14.8 Å². The van der Waals surface area contributed by atoms with E-state index in [9.17, 15) is 27.9 Å². The number of carbonyl (C=O) groups excluding carboxylic acids is 1. The Morgan fingerprint density at radius 3 is 2.47 bits per heavy atom. The number of methoxy groups -OCH3 is 1. The van der Waals surface area contributed by atoms with E-state index in [0.717, 1.165) is 35.9 Å². The van der Waals surface area contributed by atoms with Crippen molar-refractivity contribution in [3.8, 4) is 22.8 Å². The van der Waals surface area contributed by atoms with E-state index < -0.39 is 17.8 Å². The van der Waals surface area contributed by atoms with Gasteiger partial charge in [0.25, 0.3) is 0 Å². The van der Waals surface area contributed by atoms with Gasteiger partial charge in [-0.25, -0.2) is 14.8 Å². The first-order chi connectivity index (χ1) is 20.6. The molecule has 2 heterocycles. The second-order valence-corrected chi connectivity index (χ2v) is 10.3. The first-order valence-corrected chi connectivity index (χ1v) is 13.6. The molecule has 5 rings (SSSR count). The number of nitrogens with one attached hydrogen (secondary N) is 1. The van der Waals surface area contributed by atoms with E-state index in [1.165, 1.54) is 30.5 Å². The maximum Gasteiger partial charge on any atom is 0.416 e. The normalized spacial score (nSPS) is 15.3. The van der Waals surface area contributed by atoms with E-state index in [4.69, 9.17) is 9.47 Å². The lowest BCUT2D eigenvalue weighted by atomic mass is 9.99. The minimum absolute atomic E-state index is 0.0696. The SMILES string of the molecule is COc1cc2c(-c3ccc(NC(=O)Cc4ccc(C(F)(F)F)cc4)cc3)ncnc2cc1OCC1CCCN(C(=O)O)C1. The number of likely N-dealkylation sites (tertiary alicyclic amines) is 1. The Morgan fingerprint density at radius 2 is 1.79 bits per heavy atom. The molecule has 43 heavy (non-hydrogen) atoms. The number of rotatable bonds is 8. The monoisotopic (exact) mass is 594 g/mol. The molecule has 3 aromatic carbocycles. The Balaban J connectivity index is 1.27. The van der Waals surface area contributed by atoms with Crippen LogP contribution in [-0.4, -0.2) is 58.8 Å². The summed E-state index contributed by atoms with van der Waals surface area (Å²) < 4.78 is 50.0. The lowest BCUT2D eigenvalue weighted by Crippen LogP contribution is -2.40. The van der Waals surface area contributed by atoms with Crippen molar-refractivity contribution in [3.63, 3.8) is 0 Å². The fraction of sp³-hybridized carbons (Fsp3) is 0.290. The third-order valence-electron chi connectivity index (χ3n) is 7.27. The van der Waals surface area contributed by atoms with Crippen molar-refractivity contribution in [2.24, 2.45) is 5.92 Å². The van der Waals surface area contributed by atoms with Crippen LogP contribution >= 0.6 is 0 Å². The number of amides is 2. The second kappa shape index (κ2) is 12.6. The fourth-order valence-electron chi connectivity index (χ4n) is 5.06. The minimum atomic E-state index is -4.43. The highest BCUT2D eigenvalue weighted by atomic mass is 19.4. The number of carbonyl (C=O) groups is 2. The zero-order valence-corrected chi connectivity index (χ0v) is 23.2. The first-order valence-electron chi connectivity index (χ1n) is 13.6. The predicted octanol–water partition coefficient (Wildman–Crippen LogP) is 6.27.